The van der Waals surface area contributed by atoms with Crippen LogP contribution >= 0.6 is 11.6 Å². The summed E-state index contributed by atoms with van der Waals surface area (Å²) in [5.41, 5.74) is 1.11. The number of ether oxygens (including phenoxy) is 1. The first kappa shape index (κ1) is 17.2. The van der Waals surface area contributed by atoms with Gasteiger partial charge in [0.05, 0.1) is 16.8 Å². The van der Waals surface area contributed by atoms with Crippen molar-refractivity contribution in [2.24, 2.45) is 0 Å². The van der Waals surface area contributed by atoms with Crippen LogP contribution < -0.4 is 4.90 Å². The van der Waals surface area contributed by atoms with Crippen LogP contribution in [-0.2, 0) is 11.3 Å². The number of benzene rings is 1. The van der Waals surface area contributed by atoms with Crippen LogP contribution in [0.1, 0.15) is 31.1 Å². The number of rotatable bonds is 5. The van der Waals surface area contributed by atoms with Gasteiger partial charge in [-0.3, -0.25) is 4.90 Å². The molecule has 1 unspecified atom stereocenters. The molecule has 0 aliphatic carbocycles. The molecule has 2 aromatic rings. The van der Waals surface area contributed by atoms with Crippen LogP contribution in [0, 0.1) is 0 Å². The molecular weight excluding hydrogens is 328 g/mol. The van der Waals surface area contributed by atoms with Crippen molar-refractivity contribution in [3.8, 4) is 0 Å². The Bertz CT molecular complexity index is 664. The van der Waals surface area contributed by atoms with Gasteiger partial charge in [0.1, 0.15) is 6.61 Å². The molecule has 0 spiro atoms. The summed E-state index contributed by atoms with van der Waals surface area (Å²) in [5.74, 6) is 1.24. The van der Waals surface area contributed by atoms with Crippen LogP contribution in [0.25, 0.3) is 0 Å². The van der Waals surface area contributed by atoms with Crippen molar-refractivity contribution >= 4 is 17.3 Å². The number of halogens is 1. The van der Waals surface area contributed by atoms with Crippen molar-refractivity contribution in [2.75, 3.05) is 38.2 Å². The number of methoxy groups -OCH3 is 1. The van der Waals surface area contributed by atoms with Gasteiger partial charge in [-0.15, -0.1) is 0 Å². The number of nitrogens with zero attached hydrogens (tertiary/aromatic N) is 4. The summed E-state index contributed by atoms with van der Waals surface area (Å²) in [6, 6.07) is 8.11. The molecule has 0 saturated carbocycles. The number of anilines is 1. The van der Waals surface area contributed by atoms with Crippen LogP contribution in [0.2, 0.25) is 5.02 Å². The normalized spacial score (nSPS) is 17.7. The Hall–Kier alpha value is -1.63. The van der Waals surface area contributed by atoms with Gasteiger partial charge in [-0.25, -0.2) is 0 Å². The van der Waals surface area contributed by atoms with E-state index in [2.05, 4.69) is 32.9 Å². The number of aromatic nitrogens is 2. The van der Waals surface area contributed by atoms with Crippen molar-refractivity contribution in [1.29, 1.82) is 0 Å². The van der Waals surface area contributed by atoms with Gasteiger partial charge in [-0.2, -0.15) is 4.98 Å². The molecule has 1 atom stereocenters. The lowest BCUT2D eigenvalue weighted by Crippen LogP contribution is -2.32. The van der Waals surface area contributed by atoms with Crippen LogP contribution in [-0.4, -0.2) is 48.3 Å². The Kier molecular flexibility index (Phi) is 5.71. The molecule has 130 valence electrons. The zero-order valence-corrected chi connectivity index (χ0v) is 14.9. The Labute approximate surface area is 147 Å². The predicted molar refractivity (Wildman–Crippen MR) is 93.3 cm³/mol. The Morgan fingerprint density at radius 2 is 2.08 bits per heavy atom. The quantitative estimate of drug-likeness (QED) is 0.825. The van der Waals surface area contributed by atoms with E-state index in [9.17, 15) is 0 Å². The molecule has 1 aromatic heterocycles. The molecular formula is C17H23ClN4O2. The molecule has 6 nitrogen and oxygen atoms in total. The fourth-order valence-corrected chi connectivity index (χ4v) is 3.31. The van der Waals surface area contributed by atoms with E-state index in [0.717, 1.165) is 43.3 Å². The largest absolute Gasteiger partial charge is 0.377 e. The number of hydrogen-bond donors (Lipinski definition) is 0. The van der Waals surface area contributed by atoms with Crippen LogP contribution in [0.4, 0.5) is 5.69 Å². The van der Waals surface area contributed by atoms with Gasteiger partial charge in [0.2, 0.25) is 5.89 Å². The van der Waals surface area contributed by atoms with E-state index < -0.39 is 0 Å². The standard InChI is InChI=1S/C17H23ClN4O2/c1-13(17-19-16(12-23-2)20-24-17)21-8-5-9-22(11-10-21)15-7-4-3-6-14(15)18/h3-4,6-7,13H,5,8-12H2,1-2H3. The highest BCUT2D eigenvalue weighted by Gasteiger charge is 2.24. The number of hydrogen-bond acceptors (Lipinski definition) is 6. The average molecular weight is 351 g/mol. The van der Waals surface area contributed by atoms with Crippen molar-refractivity contribution < 1.29 is 9.26 Å². The second kappa shape index (κ2) is 7.96. The lowest BCUT2D eigenvalue weighted by molar-refractivity contribution is 0.172. The van der Waals surface area contributed by atoms with Crippen LogP contribution in [0.3, 0.4) is 0 Å². The molecule has 1 fully saturated rings. The summed E-state index contributed by atoms with van der Waals surface area (Å²) < 4.78 is 10.4. The summed E-state index contributed by atoms with van der Waals surface area (Å²) >= 11 is 6.34. The van der Waals surface area contributed by atoms with E-state index in [1.54, 1.807) is 7.11 Å². The monoisotopic (exact) mass is 350 g/mol. The molecule has 0 bridgehead atoms. The number of para-hydroxylation sites is 1. The lowest BCUT2D eigenvalue weighted by Gasteiger charge is -2.26. The van der Waals surface area contributed by atoms with Gasteiger partial charge in [0.25, 0.3) is 0 Å². The zero-order chi connectivity index (χ0) is 16.9. The first-order valence-electron chi connectivity index (χ1n) is 8.24. The van der Waals surface area contributed by atoms with Gasteiger partial charge in [-0.1, -0.05) is 28.9 Å². The summed E-state index contributed by atoms with van der Waals surface area (Å²) in [6.45, 7) is 6.31. The highest BCUT2D eigenvalue weighted by Crippen LogP contribution is 2.27. The molecule has 3 rings (SSSR count). The second-order valence-corrected chi connectivity index (χ2v) is 6.39. The Balaban J connectivity index is 1.65. The third-order valence-corrected chi connectivity index (χ3v) is 4.71. The molecule has 1 aliphatic heterocycles. The summed E-state index contributed by atoms with van der Waals surface area (Å²) in [4.78, 5) is 9.14. The van der Waals surface area contributed by atoms with Gasteiger partial charge < -0.3 is 14.2 Å². The highest BCUT2D eigenvalue weighted by atomic mass is 35.5. The maximum absolute atomic E-state index is 6.34. The fraction of sp³-hybridized carbons (Fsp3) is 0.529. The van der Waals surface area contributed by atoms with Gasteiger partial charge in [0.15, 0.2) is 5.82 Å². The molecule has 24 heavy (non-hydrogen) atoms. The molecule has 0 N–H and O–H groups in total. The van der Waals surface area contributed by atoms with E-state index >= 15 is 0 Å². The second-order valence-electron chi connectivity index (χ2n) is 5.99. The molecule has 0 amide bonds. The average Bonchev–Trinajstić information content (AvgIpc) is 2.91. The van der Waals surface area contributed by atoms with Crippen LogP contribution in [0.15, 0.2) is 28.8 Å². The minimum atomic E-state index is 0.0919. The van der Waals surface area contributed by atoms with E-state index in [4.69, 9.17) is 20.9 Å². The molecule has 1 aromatic carbocycles. The van der Waals surface area contributed by atoms with E-state index in [0.29, 0.717) is 18.3 Å². The van der Waals surface area contributed by atoms with E-state index in [1.165, 1.54) is 0 Å². The van der Waals surface area contributed by atoms with Crippen molar-refractivity contribution in [3.05, 3.63) is 41.0 Å². The third-order valence-electron chi connectivity index (χ3n) is 4.39. The van der Waals surface area contributed by atoms with Crippen molar-refractivity contribution in [2.45, 2.75) is 26.0 Å². The first-order chi connectivity index (χ1) is 11.7. The van der Waals surface area contributed by atoms with E-state index in [1.807, 2.05) is 18.2 Å². The van der Waals surface area contributed by atoms with Crippen molar-refractivity contribution in [1.82, 2.24) is 15.0 Å². The molecule has 1 aliphatic rings. The maximum atomic E-state index is 6.34. The molecule has 0 radical (unpaired) electrons. The maximum Gasteiger partial charge on any atom is 0.243 e. The third kappa shape index (κ3) is 3.88. The van der Waals surface area contributed by atoms with Crippen molar-refractivity contribution in [3.63, 3.8) is 0 Å². The zero-order valence-electron chi connectivity index (χ0n) is 14.1. The Morgan fingerprint density at radius 1 is 1.25 bits per heavy atom. The van der Waals surface area contributed by atoms with Gasteiger partial charge in [-0.05, 0) is 25.5 Å². The summed E-state index contributed by atoms with van der Waals surface area (Å²) in [7, 11) is 1.62. The highest BCUT2D eigenvalue weighted by molar-refractivity contribution is 6.33. The molecule has 7 heteroatoms. The summed E-state index contributed by atoms with van der Waals surface area (Å²) in [5, 5.41) is 4.76. The summed E-state index contributed by atoms with van der Waals surface area (Å²) in [6.07, 6.45) is 1.06. The fourth-order valence-electron chi connectivity index (χ4n) is 3.05. The topological polar surface area (TPSA) is 54.6 Å². The minimum absolute atomic E-state index is 0.0919. The van der Waals surface area contributed by atoms with Gasteiger partial charge in [0, 0.05) is 33.3 Å². The predicted octanol–water partition coefficient (Wildman–Crippen LogP) is 3.14. The Morgan fingerprint density at radius 3 is 2.88 bits per heavy atom. The van der Waals surface area contributed by atoms with E-state index in [-0.39, 0.29) is 6.04 Å². The molecule has 1 saturated heterocycles. The SMILES string of the molecule is COCc1noc(C(C)N2CCCN(c3ccccc3Cl)CC2)n1. The minimum Gasteiger partial charge on any atom is -0.377 e. The van der Waals surface area contributed by atoms with Crippen LogP contribution in [0.5, 0.6) is 0 Å². The molecule has 2 heterocycles. The lowest BCUT2D eigenvalue weighted by atomic mass is 10.2. The van der Waals surface area contributed by atoms with Gasteiger partial charge >= 0.3 is 0 Å². The smallest absolute Gasteiger partial charge is 0.243 e. The first-order valence-corrected chi connectivity index (χ1v) is 8.62.